The van der Waals surface area contributed by atoms with E-state index in [0.717, 1.165) is 0 Å². The predicted octanol–water partition coefficient (Wildman–Crippen LogP) is 4.65. The lowest BCUT2D eigenvalue weighted by Crippen LogP contribution is -2.31. The van der Waals surface area contributed by atoms with Crippen LogP contribution < -0.4 is 5.69 Å². The summed E-state index contributed by atoms with van der Waals surface area (Å²) in [6, 6.07) is 19.7. The Kier molecular flexibility index (Phi) is 5.16. The quantitative estimate of drug-likeness (QED) is 0.408. The van der Waals surface area contributed by atoms with Crippen molar-refractivity contribution in [3.05, 3.63) is 117 Å². The molecule has 5 rings (SSSR count). The molecule has 0 fully saturated rings. The van der Waals surface area contributed by atoms with Crippen LogP contribution in [0.4, 0.5) is 0 Å². The highest BCUT2D eigenvalue weighted by Gasteiger charge is 2.37. The van der Waals surface area contributed by atoms with E-state index < -0.39 is 5.60 Å². The summed E-state index contributed by atoms with van der Waals surface area (Å²) in [5.41, 5.74) is 2.14. The molecule has 0 spiro atoms. The third kappa shape index (κ3) is 3.38. The number of rotatable bonds is 4. The Balaban J connectivity index is 1.78. The van der Waals surface area contributed by atoms with E-state index in [-0.39, 0.29) is 5.69 Å². The highest BCUT2D eigenvalue weighted by atomic mass is 35.5. The van der Waals surface area contributed by atoms with Crippen molar-refractivity contribution in [2.75, 3.05) is 0 Å². The van der Waals surface area contributed by atoms with E-state index in [1.807, 2.05) is 31.3 Å². The number of hydrogen-bond donors (Lipinski definition) is 1. The lowest BCUT2D eigenvalue weighted by Gasteiger charge is -2.30. The molecule has 33 heavy (non-hydrogen) atoms. The van der Waals surface area contributed by atoms with Gasteiger partial charge in [-0.15, -0.1) is 0 Å². The van der Waals surface area contributed by atoms with Gasteiger partial charge in [-0.3, -0.25) is 9.13 Å². The minimum atomic E-state index is -1.52. The first-order valence-electron chi connectivity index (χ1n) is 10.2. The molecule has 1 atom stereocenters. The molecule has 0 aliphatic heterocycles. The minimum absolute atomic E-state index is 0.208. The second-order valence-electron chi connectivity index (χ2n) is 7.97. The van der Waals surface area contributed by atoms with Gasteiger partial charge in [0, 0.05) is 24.1 Å². The normalized spacial score (nSPS) is 13.4. The molecule has 0 aliphatic carbocycles. The Morgan fingerprint density at radius 1 is 0.879 bits per heavy atom. The van der Waals surface area contributed by atoms with Crippen molar-refractivity contribution in [3.8, 4) is 5.69 Å². The van der Waals surface area contributed by atoms with Crippen LogP contribution in [0.1, 0.15) is 16.8 Å². The molecule has 0 amide bonds. The summed E-state index contributed by atoms with van der Waals surface area (Å²) < 4.78 is 4.94. The van der Waals surface area contributed by atoms with Gasteiger partial charge in [-0.25, -0.2) is 9.78 Å². The van der Waals surface area contributed by atoms with Crippen molar-refractivity contribution in [2.24, 2.45) is 14.1 Å². The predicted molar refractivity (Wildman–Crippen MR) is 130 cm³/mol. The molecule has 8 heteroatoms. The molecule has 2 heterocycles. The van der Waals surface area contributed by atoms with Gasteiger partial charge in [-0.05, 0) is 53.6 Å². The van der Waals surface area contributed by atoms with E-state index in [2.05, 4.69) is 4.98 Å². The van der Waals surface area contributed by atoms with Crippen LogP contribution in [0, 0.1) is 0 Å². The van der Waals surface area contributed by atoms with E-state index in [0.29, 0.717) is 43.6 Å². The maximum absolute atomic E-state index is 13.1. The Morgan fingerprint density at radius 2 is 1.61 bits per heavy atom. The van der Waals surface area contributed by atoms with Gasteiger partial charge < -0.3 is 9.67 Å². The third-order valence-corrected chi connectivity index (χ3v) is 6.48. The average Bonchev–Trinajstić information content (AvgIpc) is 3.35. The van der Waals surface area contributed by atoms with Gasteiger partial charge in [0.2, 0.25) is 0 Å². The number of nitrogens with zero attached hydrogens (tertiary/aromatic N) is 4. The summed E-state index contributed by atoms with van der Waals surface area (Å²) in [4.78, 5) is 17.4. The first-order valence-corrected chi connectivity index (χ1v) is 11.0. The Labute approximate surface area is 199 Å². The van der Waals surface area contributed by atoms with Crippen molar-refractivity contribution < 1.29 is 5.11 Å². The number of halogens is 2. The lowest BCUT2D eigenvalue weighted by molar-refractivity contribution is 0.117. The van der Waals surface area contributed by atoms with E-state index >= 15 is 0 Å². The first-order chi connectivity index (χ1) is 15.8. The van der Waals surface area contributed by atoms with Gasteiger partial charge in [0.05, 0.1) is 34.9 Å². The maximum Gasteiger partial charge on any atom is 0.333 e. The lowest BCUT2D eigenvalue weighted by atomic mass is 9.83. The molecule has 1 N–H and O–H groups in total. The van der Waals surface area contributed by atoms with Gasteiger partial charge in [0.25, 0.3) is 0 Å². The molecule has 166 valence electrons. The van der Waals surface area contributed by atoms with Crippen LogP contribution in [0.3, 0.4) is 0 Å². The summed E-state index contributed by atoms with van der Waals surface area (Å²) in [5, 5.41) is 13.3. The number of hydrogen-bond acceptors (Lipinski definition) is 3. The zero-order valence-corrected chi connectivity index (χ0v) is 19.4. The second kappa shape index (κ2) is 7.92. The number of benzene rings is 3. The highest BCUT2D eigenvalue weighted by molar-refractivity contribution is 6.31. The molecule has 2 aromatic heterocycles. The maximum atomic E-state index is 13.1. The zero-order chi connectivity index (χ0) is 23.3. The largest absolute Gasteiger partial charge is 0.374 e. The fraction of sp³-hybridized carbons (Fsp3) is 0.120. The molecule has 6 nitrogen and oxygen atoms in total. The highest BCUT2D eigenvalue weighted by Crippen LogP contribution is 2.38. The molecule has 0 bridgehead atoms. The molecule has 0 aliphatic rings. The van der Waals surface area contributed by atoms with Crippen molar-refractivity contribution in [3.63, 3.8) is 0 Å². The molecule has 0 saturated carbocycles. The van der Waals surface area contributed by atoms with Crippen molar-refractivity contribution in [1.29, 1.82) is 0 Å². The second-order valence-corrected chi connectivity index (χ2v) is 8.84. The van der Waals surface area contributed by atoms with Gasteiger partial charge in [0.1, 0.15) is 0 Å². The molecular weight excluding hydrogens is 459 g/mol. The number of aryl methyl sites for hydroxylation is 2. The van der Waals surface area contributed by atoms with Crippen LogP contribution in [0.5, 0.6) is 0 Å². The summed E-state index contributed by atoms with van der Waals surface area (Å²) in [5.74, 6) is 0. The molecule has 3 aromatic carbocycles. The van der Waals surface area contributed by atoms with Crippen molar-refractivity contribution in [2.45, 2.75) is 5.60 Å². The summed E-state index contributed by atoms with van der Waals surface area (Å²) in [6.45, 7) is 0. The van der Waals surface area contributed by atoms with Crippen LogP contribution in [0.25, 0.3) is 16.7 Å². The SMILES string of the molecule is Cn1cncc1C(O)(c1ccc(Cl)cc1)c1ccc2c(c1)n(C)c(=O)n2-c1cccc(Cl)c1. The molecule has 5 aromatic rings. The Morgan fingerprint density at radius 3 is 2.27 bits per heavy atom. The fourth-order valence-corrected chi connectivity index (χ4v) is 4.60. The van der Waals surface area contributed by atoms with Crippen molar-refractivity contribution >= 4 is 34.2 Å². The number of imidazole rings is 2. The minimum Gasteiger partial charge on any atom is -0.374 e. The van der Waals surface area contributed by atoms with Crippen LogP contribution in [-0.2, 0) is 19.7 Å². The summed E-state index contributed by atoms with van der Waals surface area (Å²) in [6.07, 6.45) is 3.27. The van der Waals surface area contributed by atoms with Crippen LogP contribution in [0.15, 0.2) is 84.0 Å². The summed E-state index contributed by atoms with van der Waals surface area (Å²) in [7, 11) is 3.54. The number of aromatic nitrogens is 4. The average molecular weight is 479 g/mol. The number of aliphatic hydroxyl groups is 1. The molecule has 0 radical (unpaired) electrons. The monoisotopic (exact) mass is 478 g/mol. The van der Waals surface area contributed by atoms with Crippen molar-refractivity contribution in [1.82, 2.24) is 18.7 Å². The van der Waals surface area contributed by atoms with E-state index in [1.165, 1.54) is 0 Å². The number of fused-ring (bicyclic) bond motifs is 1. The first kappa shape index (κ1) is 21.5. The Hall–Kier alpha value is -3.32. The zero-order valence-electron chi connectivity index (χ0n) is 17.9. The molecule has 0 saturated heterocycles. The van der Waals surface area contributed by atoms with Crippen LogP contribution >= 0.6 is 23.2 Å². The molecule has 1 unspecified atom stereocenters. The summed E-state index contributed by atoms with van der Waals surface area (Å²) >= 11 is 12.3. The van der Waals surface area contributed by atoms with Gasteiger partial charge in [-0.2, -0.15) is 0 Å². The van der Waals surface area contributed by atoms with E-state index in [1.54, 1.807) is 75.7 Å². The van der Waals surface area contributed by atoms with Gasteiger partial charge in [0.15, 0.2) is 5.60 Å². The Bertz CT molecular complexity index is 1550. The van der Waals surface area contributed by atoms with Crippen LogP contribution in [-0.4, -0.2) is 23.8 Å². The van der Waals surface area contributed by atoms with Crippen LogP contribution in [0.2, 0.25) is 10.0 Å². The standard InChI is InChI=1S/C25H20Cl2N4O2/c1-29-15-28-14-23(29)25(33,16-6-9-18(26)10-7-16)17-8-11-21-22(12-17)30(2)24(32)31(21)20-5-3-4-19(27)13-20/h3-15,33H,1-2H3. The molecular formula is C25H20Cl2N4O2. The third-order valence-electron chi connectivity index (χ3n) is 5.99. The van der Waals surface area contributed by atoms with E-state index in [9.17, 15) is 9.90 Å². The van der Waals surface area contributed by atoms with Gasteiger partial charge in [-0.1, -0.05) is 47.5 Å². The smallest absolute Gasteiger partial charge is 0.333 e. The van der Waals surface area contributed by atoms with E-state index in [4.69, 9.17) is 23.2 Å². The van der Waals surface area contributed by atoms with Gasteiger partial charge >= 0.3 is 5.69 Å². The topological polar surface area (TPSA) is 65.0 Å². The fourth-order valence-electron chi connectivity index (χ4n) is 4.29.